The molecule has 1 heterocycles. The average molecular weight is 274 g/mol. The van der Waals surface area contributed by atoms with Crippen LogP contribution in [0.1, 0.15) is 30.1 Å². The zero-order valence-electron chi connectivity index (χ0n) is 11.2. The maximum atomic E-state index is 11.0. The van der Waals surface area contributed by atoms with E-state index in [1.54, 1.807) is 24.3 Å². The molecule has 5 heteroatoms. The Hall–Kier alpha value is -1.90. The van der Waals surface area contributed by atoms with Crippen LogP contribution in [0.5, 0.6) is 0 Å². The normalized spacial score (nSPS) is 21.1. The Bertz CT molecular complexity index is 507. The van der Waals surface area contributed by atoms with Gasteiger partial charge in [0.2, 0.25) is 0 Å². The molecule has 0 aromatic heterocycles. The molecule has 0 bridgehead atoms. The van der Waals surface area contributed by atoms with E-state index in [9.17, 15) is 9.90 Å². The molecule has 20 heavy (non-hydrogen) atoms. The summed E-state index contributed by atoms with van der Waals surface area (Å²) in [5, 5.41) is 28.0. The van der Waals surface area contributed by atoms with Gasteiger partial charge in [-0.1, -0.05) is 12.1 Å². The molecule has 2 atom stereocenters. The zero-order valence-corrected chi connectivity index (χ0v) is 11.2. The van der Waals surface area contributed by atoms with Crippen molar-refractivity contribution in [2.45, 2.75) is 18.9 Å². The molecule has 0 radical (unpaired) electrons. The van der Waals surface area contributed by atoms with Crippen molar-refractivity contribution in [2.24, 2.45) is 5.92 Å². The van der Waals surface area contributed by atoms with Crippen LogP contribution in [0.15, 0.2) is 24.3 Å². The first kappa shape index (κ1) is 14.5. The number of aliphatic hydroxyl groups excluding tert-OH is 1. The first-order valence-electron chi connectivity index (χ1n) is 6.73. The molecule has 0 aliphatic carbocycles. The lowest BCUT2D eigenvalue weighted by molar-refractivity contribution is -0.143. The Morgan fingerprint density at radius 3 is 2.75 bits per heavy atom. The maximum absolute atomic E-state index is 11.0. The predicted molar refractivity (Wildman–Crippen MR) is 72.9 cm³/mol. The van der Waals surface area contributed by atoms with E-state index in [1.165, 1.54) is 0 Å². The van der Waals surface area contributed by atoms with E-state index in [0.717, 1.165) is 18.5 Å². The third kappa shape index (κ3) is 3.56. The third-order valence-electron chi connectivity index (χ3n) is 3.71. The van der Waals surface area contributed by atoms with Crippen LogP contribution in [-0.4, -0.2) is 40.7 Å². The fourth-order valence-electron chi connectivity index (χ4n) is 2.55. The average Bonchev–Trinajstić information content (AvgIpc) is 2.47. The fourth-order valence-corrected chi connectivity index (χ4v) is 2.55. The summed E-state index contributed by atoms with van der Waals surface area (Å²) in [7, 11) is 0. The summed E-state index contributed by atoms with van der Waals surface area (Å²) < 4.78 is 0. The minimum absolute atomic E-state index is 0.336. The number of nitriles is 1. The molecule has 1 saturated heterocycles. The lowest BCUT2D eigenvalue weighted by Gasteiger charge is -2.32. The van der Waals surface area contributed by atoms with Crippen LogP contribution in [0.2, 0.25) is 0 Å². The molecule has 0 saturated carbocycles. The molecule has 2 rings (SSSR count). The topological polar surface area (TPSA) is 84.6 Å². The van der Waals surface area contributed by atoms with Crippen molar-refractivity contribution in [2.75, 3.05) is 19.6 Å². The lowest BCUT2D eigenvalue weighted by Crippen LogP contribution is -2.40. The van der Waals surface area contributed by atoms with Gasteiger partial charge in [-0.3, -0.25) is 9.69 Å². The van der Waals surface area contributed by atoms with Crippen LogP contribution in [0.3, 0.4) is 0 Å². The van der Waals surface area contributed by atoms with E-state index in [-0.39, 0.29) is 5.92 Å². The minimum atomic E-state index is -0.762. The lowest BCUT2D eigenvalue weighted by atomic mass is 9.97. The van der Waals surface area contributed by atoms with Gasteiger partial charge in [-0.25, -0.2) is 0 Å². The van der Waals surface area contributed by atoms with Crippen molar-refractivity contribution in [3.63, 3.8) is 0 Å². The van der Waals surface area contributed by atoms with Crippen molar-refractivity contribution in [1.29, 1.82) is 5.26 Å². The molecule has 5 nitrogen and oxygen atoms in total. The number of aliphatic hydroxyl groups is 1. The molecule has 1 aromatic rings. The number of aliphatic carboxylic acids is 1. The van der Waals surface area contributed by atoms with Gasteiger partial charge in [0.05, 0.1) is 23.7 Å². The summed E-state index contributed by atoms with van der Waals surface area (Å²) in [6.45, 7) is 1.73. The van der Waals surface area contributed by atoms with Crippen molar-refractivity contribution in [3.05, 3.63) is 35.4 Å². The van der Waals surface area contributed by atoms with E-state index in [1.807, 2.05) is 11.0 Å². The van der Waals surface area contributed by atoms with Gasteiger partial charge in [0.1, 0.15) is 0 Å². The first-order valence-corrected chi connectivity index (χ1v) is 6.73. The Labute approximate surface area is 118 Å². The van der Waals surface area contributed by atoms with Crippen LogP contribution in [0.4, 0.5) is 0 Å². The smallest absolute Gasteiger partial charge is 0.307 e. The SMILES string of the molecule is N#Cc1ccc(C(O)CN2CCCC(C(=O)O)C2)cc1. The highest BCUT2D eigenvalue weighted by atomic mass is 16.4. The molecule has 1 fully saturated rings. The van der Waals surface area contributed by atoms with Gasteiger partial charge in [0.25, 0.3) is 0 Å². The number of rotatable bonds is 4. The van der Waals surface area contributed by atoms with Gasteiger partial charge in [0, 0.05) is 13.1 Å². The molecule has 106 valence electrons. The number of carbonyl (C=O) groups is 1. The molecule has 2 unspecified atom stereocenters. The number of β-amino-alcohol motifs (C(OH)–C–C–N with tert-alkyl or cyclic N) is 1. The van der Waals surface area contributed by atoms with Crippen LogP contribution in [0.25, 0.3) is 0 Å². The van der Waals surface area contributed by atoms with E-state index in [0.29, 0.717) is 25.1 Å². The fraction of sp³-hybridized carbons (Fsp3) is 0.467. The van der Waals surface area contributed by atoms with Gasteiger partial charge in [-0.15, -0.1) is 0 Å². The second-order valence-electron chi connectivity index (χ2n) is 5.19. The molecular weight excluding hydrogens is 256 g/mol. The van der Waals surface area contributed by atoms with Gasteiger partial charge < -0.3 is 10.2 Å². The Morgan fingerprint density at radius 2 is 2.15 bits per heavy atom. The summed E-state index contributed by atoms with van der Waals surface area (Å²) in [5.74, 6) is -1.10. The third-order valence-corrected chi connectivity index (χ3v) is 3.71. The number of carboxylic acids is 1. The zero-order chi connectivity index (χ0) is 14.5. The Morgan fingerprint density at radius 1 is 1.45 bits per heavy atom. The number of hydrogen-bond acceptors (Lipinski definition) is 4. The number of hydrogen-bond donors (Lipinski definition) is 2. The van der Waals surface area contributed by atoms with Crippen molar-refractivity contribution in [3.8, 4) is 6.07 Å². The van der Waals surface area contributed by atoms with Crippen molar-refractivity contribution in [1.82, 2.24) is 4.90 Å². The monoisotopic (exact) mass is 274 g/mol. The first-order chi connectivity index (χ1) is 9.60. The molecule has 1 aliphatic heterocycles. The van der Waals surface area contributed by atoms with Crippen molar-refractivity contribution >= 4 is 5.97 Å². The van der Waals surface area contributed by atoms with Crippen LogP contribution >= 0.6 is 0 Å². The van der Waals surface area contributed by atoms with E-state index in [4.69, 9.17) is 10.4 Å². The summed E-state index contributed by atoms with van der Waals surface area (Å²) in [6, 6.07) is 8.86. The largest absolute Gasteiger partial charge is 0.481 e. The van der Waals surface area contributed by atoms with Gasteiger partial charge in [-0.2, -0.15) is 5.26 Å². The molecule has 2 N–H and O–H groups in total. The Balaban J connectivity index is 1.94. The van der Waals surface area contributed by atoms with Gasteiger partial charge in [0.15, 0.2) is 0 Å². The van der Waals surface area contributed by atoms with E-state index < -0.39 is 12.1 Å². The minimum Gasteiger partial charge on any atom is -0.481 e. The predicted octanol–water partition coefficient (Wildman–Crippen LogP) is 1.39. The molecule has 0 amide bonds. The summed E-state index contributed by atoms with van der Waals surface area (Å²) >= 11 is 0. The quantitative estimate of drug-likeness (QED) is 0.866. The summed E-state index contributed by atoms with van der Waals surface area (Å²) in [6.07, 6.45) is 0.894. The van der Waals surface area contributed by atoms with Gasteiger partial charge in [-0.05, 0) is 37.1 Å². The number of nitrogens with zero attached hydrogens (tertiary/aromatic N) is 2. The highest BCUT2D eigenvalue weighted by molar-refractivity contribution is 5.70. The number of benzene rings is 1. The molecule has 1 aromatic carbocycles. The molecular formula is C15H18N2O3. The standard InChI is InChI=1S/C15H18N2O3/c16-8-11-3-5-12(6-4-11)14(18)10-17-7-1-2-13(9-17)15(19)20/h3-6,13-14,18H,1-2,7,9-10H2,(H,19,20). The van der Waals surface area contributed by atoms with Crippen LogP contribution < -0.4 is 0 Å². The highest BCUT2D eigenvalue weighted by Crippen LogP contribution is 2.21. The number of likely N-dealkylation sites (tertiary alicyclic amines) is 1. The highest BCUT2D eigenvalue weighted by Gasteiger charge is 2.26. The second kappa shape index (κ2) is 6.51. The molecule has 1 aliphatic rings. The summed E-state index contributed by atoms with van der Waals surface area (Å²) in [4.78, 5) is 13.0. The number of piperidine rings is 1. The maximum Gasteiger partial charge on any atom is 0.307 e. The van der Waals surface area contributed by atoms with Crippen LogP contribution in [-0.2, 0) is 4.79 Å². The summed E-state index contributed by atoms with van der Waals surface area (Å²) in [5.41, 5.74) is 1.31. The Kier molecular flexibility index (Phi) is 4.72. The van der Waals surface area contributed by atoms with Crippen molar-refractivity contribution < 1.29 is 15.0 Å². The number of carboxylic acid groups (broad SMARTS) is 1. The second-order valence-corrected chi connectivity index (χ2v) is 5.19. The van der Waals surface area contributed by atoms with E-state index in [2.05, 4.69) is 0 Å². The molecule has 0 spiro atoms. The van der Waals surface area contributed by atoms with E-state index >= 15 is 0 Å². The van der Waals surface area contributed by atoms with Gasteiger partial charge >= 0.3 is 5.97 Å². The van der Waals surface area contributed by atoms with Crippen LogP contribution in [0, 0.1) is 17.2 Å².